The molecule has 1 aromatic carbocycles. The van der Waals surface area contributed by atoms with Crippen molar-refractivity contribution in [3.8, 4) is 0 Å². The molecule has 2 fully saturated rings. The predicted molar refractivity (Wildman–Crippen MR) is 178 cm³/mol. The van der Waals surface area contributed by atoms with Crippen molar-refractivity contribution in [3.05, 3.63) is 57.1 Å². The average Bonchev–Trinajstić information content (AvgIpc) is 3.68. The molecule has 0 radical (unpaired) electrons. The number of aromatic nitrogens is 1. The quantitative estimate of drug-likeness (QED) is 0.183. The van der Waals surface area contributed by atoms with Crippen LogP contribution in [-0.4, -0.2) is 59.3 Å². The first-order chi connectivity index (χ1) is 22.2. The van der Waals surface area contributed by atoms with Gasteiger partial charge in [-0.15, -0.1) is 0 Å². The van der Waals surface area contributed by atoms with E-state index in [9.17, 15) is 24.0 Å². The normalized spacial score (nSPS) is 18.3. The molecule has 12 heteroatoms. The highest BCUT2D eigenvalue weighted by atomic mass is 35.5. The van der Waals surface area contributed by atoms with Crippen molar-refractivity contribution in [2.24, 2.45) is 17.8 Å². The summed E-state index contributed by atoms with van der Waals surface area (Å²) in [6, 6.07) is 2.78. The number of hydrogen-bond donors (Lipinski definition) is 5. The van der Waals surface area contributed by atoms with Gasteiger partial charge in [0.2, 0.25) is 0 Å². The van der Waals surface area contributed by atoms with E-state index in [1.54, 1.807) is 24.1 Å². The topological polar surface area (TPSA) is 149 Å². The zero-order chi connectivity index (χ0) is 33.2. The standard InChI is InChI=1S/C34H39Cl2N5O5/c1-20(2)33(41-34(46)29-16-25-26(36)14-23(35)15-27(25)39-29)32(19-45)40-28(12-21-6-4-3-5-7-21)31(18-44)38-24(9-11-42)13-22-8-10-37-30(22)17-43/h9,14-16,20-22,24,28,33,37-40H,3-8,10,12-13H2,1-2H3,(H,41,46)/t22-,24+,28-,33-/m0/s1. The molecule has 1 amide bonds. The Balaban J connectivity index is 1.58. The number of carbonyl (C=O) groups is 1. The smallest absolute Gasteiger partial charge is 0.268 e. The van der Waals surface area contributed by atoms with Crippen LogP contribution in [0.4, 0.5) is 0 Å². The summed E-state index contributed by atoms with van der Waals surface area (Å²) < 4.78 is 0. The van der Waals surface area contributed by atoms with E-state index >= 15 is 0 Å². The minimum Gasteiger partial charge on any atom is -0.379 e. The second kappa shape index (κ2) is 16.5. The number of benzene rings is 1. The van der Waals surface area contributed by atoms with Crippen LogP contribution >= 0.6 is 23.2 Å². The van der Waals surface area contributed by atoms with Gasteiger partial charge in [-0.1, -0.05) is 69.2 Å². The van der Waals surface area contributed by atoms with Gasteiger partial charge >= 0.3 is 0 Å². The molecule has 0 spiro atoms. The Morgan fingerprint density at radius 3 is 2.35 bits per heavy atom. The van der Waals surface area contributed by atoms with Gasteiger partial charge in [-0.2, -0.15) is 0 Å². The molecule has 4 rings (SSSR count). The largest absolute Gasteiger partial charge is 0.379 e. The molecule has 4 atom stereocenters. The van der Waals surface area contributed by atoms with Crippen molar-refractivity contribution >= 4 is 63.8 Å². The number of H-pyrrole nitrogens is 1. The van der Waals surface area contributed by atoms with Crippen molar-refractivity contribution in [3.63, 3.8) is 0 Å². The van der Waals surface area contributed by atoms with Crippen molar-refractivity contribution in [1.29, 1.82) is 0 Å². The summed E-state index contributed by atoms with van der Waals surface area (Å²) >= 11 is 12.4. The highest BCUT2D eigenvalue weighted by Crippen LogP contribution is 2.31. The SMILES string of the molecule is CC(C)[C@H](NC(=O)c1cc2c(Cl)cc(Cl)cc2[nH]1)C(=C=O)N[C@@H](CC1CCCCC1)C(=C=O)N[C@H](C=C=O)C[C@@H]1CCNC1=C=O. The molecule has 2 aliphatic rings. The fourth-order valence-corrected chi connectivity index (χ4v) is 6.98. The number of nitrogens with one attached hydrogen (secondary N) is 5. The lowest BCUT2D eigenvalue weighted by Gasteiger charge is -2.32. The summed E-state index contributed by atoms with van der Waals surface area (Å²) in [5, 5.41) is 13.7. The van der Waals surface area contributed by atoms with Gasteiger partial charge in [-0.3, -0.25) is 4.79 Å². The number of aromatic amines is 1. The van der Waals surface area contributed by atoms with E-state index in [-0.39, 0.29) is 34.8 Å². The molecule has 1 aromatic heterocycles. The van der Waals surface area contributed by atoms with Gasteiger partial charge < -0.3 is 26.3 Å². The Morgan fingerprint density at radius 2 is 1.70 bits per heavy atom. The third kappa shape index (κ3) is 8.84. The number of rotatable bonds is 14. The third-order valence-electron chi connectivity index (χ3n) is 8.83. The Labute approximate surface area is 278 Å². The molecule has 10 nitrogen and oxygen atoms in total. The molecule has 1 aliphatic carbocycles. The first-order valence-corrected chi connectivity index (χ1v) is 16.4. The zero-order valence-electron chi connectivity index (χ0n) is 25.9. The Bertz CT molecular complexity index is 1620. The molecule has 1 saturated heterocycles. The molecule has 1 aliphatic heterocycles. The molecule has 5 N–H and O–H groups in total. The highest BCUT2D eigenvalue weighted by molar-refractivity contribution is 6.38. The van der Waals surface area contributed by atoms with Gasteiger partial charge in [0, 0.05) is 34.5 Å². The Hall–Kier alpha value is -3.99. The predicted octanol–water partition coefficient (Wildman–Crippen LogP) is 4.65. The summed E-state index contributed by atoms with van der Waals surface area (Å²) in [7, 11) is 0. The summed E-state index contributed by atoms with van der Waals surface area (Å²) in [5.74, 6) is 7.11. The van der Waals surface area contributed by atoms with E-state index in [0.29, 0.717) is 52.5 Å². The highest BCUT2D eigenvalue weighted by Gasteiger charge is 2.31. The Kier molecular flexibility index (Phi) is 12.5. The lowest BCUT2D eigenvalue weighted by Crippen LogP contribution is -2.49. The summed E-state index contributed by atoms with van der Waals surface area (Å²) in [6.45, 7) is 4.33. The number of carbonyl (C=O) groups excluding carboxylic acids is 5. The summed E-state index contributed by atoms with van der Waals surface area (Å²) in [6.07, 6.45) is 8.06. The Morgan fingerprint density at radius 1 is 0.957 bits per heavy atom. The van der Waals surface area contributed by atoms with E-state index in [1.165, 1.54) is 6.08 Å². The second-order valence-corrected chi connectivity index (χ2v) is 13.2. The maximum absolute atomic E-state index is 13.4. The number of fused-ring (bicyclic) bond motifs is 1. The summed E-state index contributed by atoms with van der Waals surface area (Å²) in [4.78, 5) is 64.3. The van der Waals surface area contributed by atoms with Crippen molar-refractivity contribution in [2.75, 3.05) is 6.54 Å². The molecule has 0 unspecified atom stereocenters. The fraction of sp³-hybridized carbons (Fsp3) is 0.500. The van der Waals surface area contributed by atoms with Crippen molar-refractivity contribution in [2.45, 2.75) is 83.3 Å². The van der Waals surface area contributed by atoms with E-state index in [0.717, 1.165) is 32.1 Å². The third-order valence-corrected chi connectivity index (χ3v) is 9.36. The molecule has 244 valence electrons. The van der Waals surface area contributed by atoms with Crippen LogP contribution in [0, 0.1) is 17.8 Å². The number of halogens is 2. The molecule has 2 aromatic rings. The average molecular weight is 669 g/mol. The minimum atomic E-state index is -0.784. The number of allylic oxidation sites excluding steroid dienone is 1. The van der Waals surface area contributed by atoms with Gasteiger partial charge in [0.25, 0.3) is 5.91 Å². The van der Waals surface area contributed by atoms with Crippen LogP contribution in [0.3, 0.4) is 0 Å². The lowest BCUT2D eigenvalue weighted by molar-refractivity contribution is 0.0928. The van der Waals surface area contributed by atoms with Crippen LogP contribution in [-0.2, 0) is 19.2 Å². The summed E-state index contributed by atoms with van der Waals surface area (Å²) in [5.41, 5.74) is 1.47. The van der Waals surface area contributed by atoms with Crippen LogP contribution in [0.1, 0.15) is 75.7 Å². The van der Waals surface area contributed by atoms with Gasteiger partial charge in [0.1, 0.15) is 40.9 Å². The van der Waals surface area contributed by atoms with Crippen LogP contribution in [0.25, 0.3) is 10.9 Å². The van der Waals surface area contributed by atoms with Crippen LogP contribution in [0.2, 0.25) is 10.0 Å². The van der Waals surface area contributed by atoms with Gasteiger partial charge in [-0.25, -0.2) is 19.2 Å². The van der Waals surface area contributed by atoms with Crippen LogP contribution < -0.4 is 21.3 Å². The van der Waals surface area contributed by atoms with Crippen molar-refractivity contribution in [1.82, 2.24) is 26.3 Å². The number of amides is 1. The van der Waals surface area contributed by atoms with E-state index in [1.807, 2.05) is 31.7 Å². The van der Waals surface area contributed by atoms with Gasteiger partial charge in [0.15, 0.2) is 0 Å². The van der Waals surface area contributed by atoms with E-state index < -0.39 is 24.0 Å². The molecule has 46 heavy (non-hydrogen) atoms. The zero-order valence-corrected chi connectivity index (χ0v) is 27.4. The maximum atomic E-state index is 13.4. The maximum Gasteiger partial charge on any atom is 0.268 e. The first kappa shape index (κ1) is 34.9. The number of hydrogen-bond acceptors (Lipinski definition) is 8. The molecule has 2 heterocycles. The molecular formula is C34H39Cl2N5O5. The second-order valence-electron chi connectivity index (χ2n) is 12.4. The minimum absolute atomic E-state index is 0.0737. The first-order valence-electron chi connectivity index (χ1n) is 15.7. The molecular weight excluding hydrogens is 629 g/mol. The fourth-order valence-electron chi connectivity index (χ4n) is 6.43. The van der Waals surface area contributed by atoms with E-state index in [2.05, 4.69) is 26.3 Å². The van der Waals surface area contributed by atoms with Crippen LogP contribution in [0.15, 0.2) is 41.4 Å². The van der Waals surface area contributed by atoms with E-state index in [4.69, 9.17) is 23.2 Å². The van der Waals surface area contributed by atoms with Crippen LogP contribution in [0.5, 0.6) is 0 Å². The van der Waals surface area contributed by atoms with Gasteiger partial charge in [-0.05, 0) is 49.3 Å². The monoisotopic (exact) mass is 667 g/mol. The van der Waals surface area contributed by atoms with Crippen molar-refractivity contribution < 1.29 is 24.0 Å². The molecule has 1 saturated carbocycles. The molecule has 0 bridgehead atoms. The lowest BCUT2D eigenvalue weighted by atomic mass is 9.84. The van der Waals surface area contributed by atoms with Gasteiger partial charge in [0.05, 0.1) is 28.8 Å².